The van der Waals surface area contributed by atoms with E-state index in [0.29, 0.717) is 0 Å². The van der Waals surface area contributed by atoms with Gasteiger partial charge in [0, 0.05) is 16.8 Å². The standard InChI is InChI=1S/C20H20N2S2/c1-12-9-10-16-14(11-12)17-18(20(3,4)22-16)23-24-19(17)21-15-8-6-5-7-13(15)2/h5-11,22H,1-4H3. The fraction of sp³-hybridized carbons (Fsp3) is 0.250. The minimum absolute atomic E-state index is 0.0712. The van der Waals surface area contributed by atoms with Crippen LogP contribution in [0.3, 0.4) is 0 Å². The topological polar surface area (TPSA) is 24.4 Å². The van der Waals surface area contributed by atoms with Gasteiger partial charge in [-0.2, -0.15) is 0 Å². The molecule has 0 amide bonds. The van der Waals surface area contributed by atoms with Crippen molar-refractivity contribution in [1.29, 1.82) is 0 Å². The first-order valence-electron chi connectivity index (χ1n) is 8.09. The van der Waals surface area contributed by atoms with Crippen LogP contribution in [-0.4, -0.2) is 0 Å². The van der Waals surface area contributed by atoms with Crippen molar-refractivity contribution < 1.29 is 0 Å². The summed E-state index contributed by atoms with van der Waals surface area (Å²) in [5.74, 6) is 0. The number of anilines is 1. The smallest absolute Gasteiger partial charge is 0.135 e. The molecule has 0 radical (unpaired) electrons. The number of rotatable bonds is 1. The molecule has 0 unspecified atom stereocenters. The van der Waals surface area contributed by atoms with Crippen LogP contribution in [0.4, 0.5) is 11.4 Å². The molecule has 122 valence electrons. The Bertz CT molecular complexity index is 993. The second kappa shape index (κ2) is 5.57. The van der Waals surface area contributed by atoms with E-state index in [1.807, 2.05) is 10.3 Å². The first-order valence-corrected chi connectivity index (χ1v) is 10.2. The average molecular weight is 353 g/mol. The van der Waals surface area contributed by atoms with E-state index in [2.05, 4.69) is 75.5 Å². The van der Waals surface area contributed by atoms with E-state index in [0.717, 1.165) is 10.4 Å². The van der Waals surface area contributed by atoms with Crippen LogP contribution in [0.2, 0.25) is 0 Å². The Kier molecular flexibility index (Phi) is 3.62. The third-order valence-corrected chi connectivity index (χ3v) is 7.08. The summed E-state index contributed by atoms with van der Waals surface area (Å²) in [6, 6.07) is 15.0. The molecular formula is C20H20N2S2. The summed E-state index contributed by atoms with van der Waals surface area (Å²) in [7, 11) is 3.61. The monoisotopic (exact) mass is 352 g/mol. The lowest BCUT2D eigenvalue weighted by molar-refractivity contribution is 0.619. The molecule has 0 aliphatic carbocycles. The molecule has 24 heavy (non-hydrogen) atoms. The Morgan fingerprint density at radius 1 is 1.00 bits per heavy atom. The quantitative estimate of drug-likeness (QED) is 0.535. The molecular weight excluding hydrogens is 332 g/mol. The third kappa shape index (κ3) is 2.50. The van der Waals surface area contributed by atoms with E-state index in [1.165, 1.54) is 32.8 Å². The van der Waals surface area contributed by atoms with Crippen molar-refractivity contribution in [3.05, 3.63) is 63.1 Å². The van der Waals surface area contributed by atoms with Gasteiger partial charge in [0.05, 0.1) is 16.1 Å². The van der Waals surface area contributed by atoms with Gasteiger partial charge in [-0.05, 0) is 51.5 Å². The highest BCUT2D eigenvalue weighted by molar-refractivity contribution is 7.68. The molecule has 2 aromatic carbocycles. The molecule has 3 aromatic rings. The van der Waals surface area contributed by atoms with Crippen LogP contribution >= 0.6 is 20.7 Å². The van der Waals surface area contributed by atoms with Crippen LogP contribution in [0.1, 0.15) is 29.9 Å². The van der Waals surface area contributed by atoms with Crippen molar-refractivity contribution >= 4 is 32.1 Å². The van der Waals surface area contributed by atoms with Gasteiger partial charge in [-0.15, -0.1) is 0 Å². The number of hydrogen-bond acceptors (Lipinski definition) is 4. The van der Waals surface area contributed by atoms with Crippen LogP contribution in [0.15, 0.2) is 47.5 Å². The molecule has 1 aliphatic rings. The molecule has 0 bridgehead atoms. The molecule has 4 rings (SSSR count). The van der Waals surface area contributed by atoms with Gasteiger partial charge in [-0.1, -0.05) is 50.5 Å². The van der Waals surface area contributed by atoms with Crippen molar-refractivity contribution in [2.75, 3.05) is 5.32 Å². The van der Waals surface area contributed by atoms with Gasteiger partial charge < -0.3 is 5.32 Å². The molecule has 0 atom stereocenters. The zero-order valence-electron chi connectivity index (χ0n) is 14.3. The Hall–Kier alpha value is -1.91. The molecule has 1 aromatic heterocycles. The van der Waals surface area contributed by atoms with Gasteiger partial charge in [0.15, 0.2) is 0 Å². The number of benzene rings is 2. The Balaban J connectivity index is 2.02. The van der Waals surface area contributed by atoms with E-state index in [1.54, 1.807) is 10.3 Å². The second-order valence-electron chi connectivity index (χ2n) is 6.87. The number of fused-ring (bicyclic) bond motifs is 3. The minimum atomic E-state index is -0.0712. The molecule has 1 N–H and O–H groups in total. The van der Waals surface area contributed by atoms with Crippen LogP contribution in [0.25, 0.3) is 11.1 Å². The summed E-state index contributed by atoms with van der Waals surface area (Å²) in [6.07, 6.45) is 0. The zero-order chi connectivity index (χ0) is 16.9. The summed E-state index contributed by atoms with van der Waals surface area (Å²) >= 11 is 0. The highest BCUT2D eigenvalue weighted by atomic mass is 32.9. The second-order valence-corrected chi connectivity index (χ2v) is 9.00. The van der Waals surface area contributed by atoms with E-state index in [9.17, 15) is 0 Å². The summed E-state index contributed by atoms with van der Waals surface area (Å²) in [4.78, 5) is 6.38. The van der Waals surface area contributed by atoms with Crippen LogP contribution in [0.5, 0.6) is 0 Å². The number of aryl methyl sites for hydroxylation is 2. The summed E-state index contributed by atoms with van der Waals surface area (Å²) in [5, 5.41) is 3.68. The fourth-order valence-electron chi connectivity index (χ4n) is 3.16. The van der Waals surface area contributed by atoms with E-state index in [-0.39, 0.29) is 5.54 Å². The number of nitrogens with one attached hydrogen (secondary N) is 1. The van der Waals surface area contributed by atoms with Crippen LogP contribution < -0.4 is 9.99 Å². The first-order chi connectivity index (χ1) is 11.5. The normalized spacial score (nSPS) is 15.6. The van der Waals surface area contributed by atoms with Crippen molar-refractivity contribution in [2.45, 2.75) is 33.2 Å². The summed E-state index contributed by atoms with van der Waals surface area (Å²) < 4.78 is 1.12. The largest absolute Gasteiger partial charge is 0.375 e. The number of nitrogens with zero attached hydrogens (tertiary/aromatic N) is 1. The third-order valence-electron chi connectivity index (χ3n) is 4.44. The highest BCUT2D eigenvalue weighted by Crippen LogP contribution is 2.45. The fourth-order valence-corrected chi connectivity index (χ4v) is 6.09. The molecule has 1 aliphatic heterocycles. The lowest BCUT2D eigenvalue weighted by Crippen LogP contribution is -2.31. The lowest BCUT2D eigenvalue weighted by atomic mass is 9.89. The van der Waals surface area contributed by atoms with Gasteiger partial charge in [0.25, 0.3) is 0 Å². The van der Waals surface area contributed by atoms with Crippen LogP contribution in [0, 0.1) is 13.8 Å². The van der Waals surface area contributed by atoms with Crippen LogP contribution in [-0.2, 0) is 5.54 Å². The van der Waals surface area contributed by atoms with Crippen molar-refractivity contribution in [2.24, 2.45) is 4.99 Å². The first kappa shape index (κ1) is 15.6. The predicted octanol–water partition coefficient (Wildman–Crippen LogP) is 5.99. The van der Waals surface area contributed by atoms with Gasteiger partial charge in [0.1, 0.15) is 4.67 Å². The molecule has 0 saturated heterocycles. The molecule has 0 spiro atoms. The van der Waals surface area contributed by atoms with Crippen molar-refractivity contribution in [3.8, 4) is 11.1 Å². The van der Waals surface area contributed by atoms with E-state index >= 15 is 0 Å². The molecule has 0 fully saturated rings. The van der Waals surface area contributed by atoms with E-state index in [4.69, 9.17) is 4.99 Å². The Morgan fingerprint density at radius 2 is 1.79 bits per heavy atom. The number of hydrogen-bond donors (Lipinski definition) is 1. The Labute approximate surface area is 149 Å². The molecule has 4 heteroatoms. The van der Waals surface area contributed by atoms with Gasteiger partial charge in [-0.3, -0.25) is 0 Å². The maximum atomic E-state index is 5.01. The molecule has 0 saturated carbocycles. The summed E-state index contributed by atoms with van der Waals surface area (Å²) in [6.45, 7) is 8.75. The van der Waals surface area contributed by atoms with Gasteiger partial charge in [0.2, 0.25) is 0 Å². The van der Waals surface area contributed by atoms with Crippen molar-refractivity contribution in [3.63, 3.8) is 0 Å². The minimum Gasteiger partial charge on any atom is -0.375 e. The number of para-hydroxylation sites is 1. The maximum Gasteiger partial charge on any atom is 0.135 e. The van der Waals surface area contributed by atoms with Gasteiger partial charge >= 0.3 is 0 Å². The van der Waals surface area contributed by atoms with E-state index < -0.39 is 0 Å². The lowest BCUT2D eigenvalue weighted by Gasteiger charge is -2.33. The van der Waals surface area contributed by atoms with Crippen molar-refractivity contribution in [1.82, 2.24) is 0 Å². The predicted molar refractivity (Wildman–Crippen MR) is 105 cm³/mol. The molecule has 2 nitrogen and oxygen atoms in total. The van der Waals surface area contributed by atoms with Gasteiger partial charge in [-0.25, -0.2) is 4.99 Å². The molecule has 2 heterocycles. The maximum absolute atomic E-state index is 5.01. The average Bonchev–Trinajstić information content (AvgIpc) is 2.96. The highest BCUT2D eigenvalue weighted by Gasteiger charge is 2.33. The zero-order valence-corrected chi connectivity index (χ0v) is 15.9. The SMILES string of the molecule is Cc1ccc2c(c1)-c1c(ssc1=Nc1ccccc1C)C(C)(C)N2. The summed E-state index contributed by atoms with van der Waals surface area (Å²) in [5.41, 5.74) is 7.24. The Morgan fingerprint density at radius 3 is 2.58 bits per heavy atom.